The van der Waals surface area contributed by atoms with Gasteiger partial charge >= 0.3 is 5.00 Å². The third kappa shape index (κ3) is 2.73. The number of ether oxygens (including phenoxy) is 2. The topological polar surface area (TPSA) is 90.7 Å². The van der Waals surface area contributed by atoms with Gasteiger partial charge in [0.25, 0.3) is 5.91 Å². The van der Waals surface area contributed by atoms with E-state index in [4.69, 9.17) is 9.47 Å². The van der Waals surface area contributed by atoms with Crippen LogP contribution in [0.1, 0.15) is 28.2 Å². The first-order chi connectivity index (χ1) is 10.5. The Morgan fingerprint density at radius 2 is 2.09 bits per heavy atom. The standard InChI is InChI=1S/C14H12N2O5S/c1-8(9-2-3-10-11(6-9)21-7-20-10)15-14(17)12-4-5-13(22-12)16(18)19/h2-6,8H,7H2,1H3,(H,15,17). The van der Waals surface area contributed by atoms with Crippen LogP contribution in [0, 0.1) is 10.1 Å². The van der Waals surface area contributed by atoms with Crippen LogP contribution < -0.4 is 14.8 Å². The number of amides is 1. The number of fused-ring (bicyclic) bond motifs is 1. The van der Waals surface area contributed by atoms with E-state index in [2.05, 4.69) is 5.32 Å². The van der Waals surface area contributed by atoms with Crippen LogP contribution in [0.5, 0.6) is 11.5 Å². The van der Waals surface area contributed by atoms with Crippen molar-refractivity contribution in [3.63, 3.8) is 0 Å². The van der Waals surface area contributed by atoms with Crippen LogP contribution in [-0.2, 0) is 0 Å². The Kier molecular flexibility index (Phi) is 3.68. The second-order valence-corrected chi connectivity index (χ2v) is 5.77. The van der Waals surface area contributed by atoms with Gasteiger partial charge in [-0.05, 0) is 30.7 Å². The highest BCUT2D eigenvalue weighted by molar-refractivity contribution is 7.17. The van der Waals surface area contributed by atoms with Gasteiger partial charge in [-0.1, -0.05) is 17.4 Å². The summed E-state index contributed by atoms with van der Waals surface area (Å²) in [5.74, 6) is 0.977. The van der Waals surface area contributed by atoms with Gasteiger partial charge in [-0.15, -0.1) is 0 Å². The summed E-state index contributed by atoms with van der Waals surface area (Å²) < 4.78 is 10.5. The monoisotopic (exact) mass is 320 g/mol. The summed E-state index contributed by atoms with van der Waals surface area (Å²) in [4.78, 5) is 22.6. The number of nitro groups is 1. The largest absolute Gasteiger partial charge is 0.454 e. The molecular weight excluding hydrogens is 308 g/mol. The number of carbonyl (C=O) groups excluding carboxylic acids is 1. The summed E-state index contributed by atoms with van der Waals surface area (Å²) in [6, 6.07) is 7.95. The van der Waals surface area contributed by atoms with Crippen LogP contribution in [0.3, 0.4) is 0 Å². The molecule has 0 saturated carbocycles. The van der Waals surface area contributed by atoms with Crippen molar-refractivity contribution in [1.82, 2.24) is 5.32 Å². The molecule has 3 rings (SSSR count). The number of hydrogen-bond acceptors (Lipinski definition) is 6. The van der Waals surface area contributed by atoms with E-state index in [1.165, 1.54) is 12.1 Å². The molecule has 22 heavy (non-hydrogen) atoms. The molecule has 0 bridgehead atoms. The van der Waals surface area contributed by atoms with Crippen molar-refractivity contribution < 1.29 is 19.2 Å². The minimum atomic E-state index is -0.511. The molecule has 1 unspecified atom stereocenters. The van der Waals surface area contributed by atoms with Crippen molar-refractivity contribution >= 4 is 22.2 Å². The SMILES string of the molecule is CC(NC(=O)c1ccc([N+](=O)[O-])s1)c1ccc2c(c1)OCO2. The average Bonchev–Trinajstić information content (AvgIpc) is 3.15. The third-order valence-corrected chi connectivity index (χ3v) is 4.28. The van der Waals surface area contributed by atoms with Crippen LogP contribution in [-0.4, -0.2) is 17.6 Å². The number of benzene rings is 1. The molecule has 1 aromatic heterocycles. The second kappa shape index (κ2) is 5.64. The Labute approximate surface area is 129 Å². The summed E-state index contributed by atoms with van der Waals surface area (Å²) in [7, 11) is 0. The van der Waals surface area contributed by atoms with Crippen LogP contribution in [0.15, 0.2) is 30.3 Å². The van der Waals surface area contributed by atoms with E-state index >= 15 is 0 Å². The normalized spacial score (nSPS) is 13.7. The van der Waals surface area contributed by atoms with Crippen molar-refractivity contribution in [3.8, 4) is 11.5 Å². The number of rotatable bonds is 4. The molecule has 0 spiro atoms. The van der Waals surface area contributed by atoms with Gasteiger partial charge in [0, 0.05) is 6.07 Å². The molecule has 0 radical (unpaired) electrons. The van der Waals surface area contributed by atoms with Gasteiger partial charge in [0.1, 0.15) is 0 Å². The predicted molar refractivity (Wildman–Crippen MR) is 79.4 cm³/mol. The first-order valence-corrected chi connectivity index (χ1v) is 7.31. The predicted octanol–water partition coefficient (Wildman–Crippen LogP) is 2.88. The summed E-state index contributed by atoms with van der Waals surface area (Å²) in [6.45, 7) is 2.02. The lowest BCUT2D eigenvalue weighted by Crippen LogP contribution is -2.25. The molecule has 7 nitrogen and oxygen atoms in total. The zero-order valence-corrected chi connectivity index (χ0v) is 12.4. The van der Waals surface area contributed by atoms with E-state index in [0.29, 0.717) is 16.4 Å². The minimum absolute atomic E-state index is 0.0547. The van der Waals surface area contributed by atoms with Crippen LogP contribution in [0.25, 0.3) is 0 Å². The van der Waals surface area contributed by atoms with Gasteiger partial charge in [0.15, 0.2) is 11.5 Å². The molecule has 1 aliphatic rings. The van der Waals surface area contributed by atoms with Gasteiger partial charge in [0.05, 0.1) is 15.8 Å². The second-order valence-electron chi connectivity index (χ2n) is 4.70. The molecule has 0 saturated heterocycles. The van der Waals surface area contributed by atoms with Crippen molar-refractivity contribution in [2.75, 3.05) is 6.79 Å². The van der Waals surface area contributed by atoms with Crippen molar-refractivity contribution in [2.24, 2.45) is 0 Å². The molecule has 1 aromatic carbocycles. The molecule has 1 N–H and O–H groups in total. The van der Waals surface area contributed by atoms with E-state index in [1.54, 1.807) is 6.07 Å². The Morgan fingerprint density at radius 1 is 1.32 bits per heavy atom. The number of nitrogens with zero attached hydrogens (tertiary/aromatic N) is 1. The molecule has 2 heterocycles. The number of thiophene rings is 1. The van der Waals surface area contributed by atoms with Crippen molar-refractivity contribution in [1.29, 1.82) is 0 Å². The zero-order valence-electron chi connectivity index (χ0n) is 11.6. The Hall–Kier alpha value is -2.61. The summed E-state index contributed by atoms with van der Waals surface area (Å²) >= 11 is 0.851. The van der Waals surface area contributed by atoms with E-state index in [-0.39, 0.29) is 23.7 Å². The van der Waals surface area contributed by atoms with E-state index in [1.807, 2.05) is 19.1 Å². The summed E-state index contributed by atoms with van der Waals surface area (Å²) in [5.41, 5.74) is 0.864. The lowest BCUT2D eigenvalue weighted by atomic mass is 10.1. The summed E-state index contributed by atoms with van der Waals surface area (Å²) in [5, 5.41) is 13.4. The maximum Gasteiger partial charge on any atom is 0.324 e. The molecule has 8 heteroatoms. The van der Waals surface area contributed by atoms with Gasteiger partial charge in [-0.2, -0.15) is 0 Å². The Bertz CT molecular complexity index is 743. The fourth-order valence-electron chi connectivity index (χ4n) is 2.08. The molecule has 0 aliphatic carbocycles. The first-order valence-electron chi connectivity index (χ1n) is 6.49. The van der Waals surface area contributed by atoms with Crippen LogP contribution >= 0.6 is 11.3 Å². The molecular formula is C14H12N2O5S. The van der Waals surface area contributed by atoms with Crippen molar-refractivity contribution in [3.05, 3.63) is 50.9 Å². The molecule has 0 fully saturated rings. The Balaban J connectivity index is 1.71. The third-order valence-electron chi connectivity index (χ3n) is 3.24. The molecule has 1 aliphatic heterocycles. The van der Waals surface area contributed by atoms with E-state index in [0.717, 1.165) is 16.9 Å². The number of carbonyl (C=O) groups is 1. The van der Waals surface area contributed by atoms with Gasteiger partial charge in [-0.3, -0.25) is 14.9 Å². The number of nitrogens with one attached hydrogen (secondary N) is 1. The Morgan fingerprint density at radius 3 is 2.82 bits per heavy atom. The lowest BCUT2D eigenvalue weighted by molar-refractivity contribution is -0.380. The average molecular weight is 320 g/mol. The zero-order chi connectivity index (χ0) is 15.7. The van der Waals surface area contributed by atoms with Crippen molar-refractivity contribution in [2.45, 2.75) is 13.0 Å². The highest BCUT2D eigenvalue weighted by Gasteiger charge is 2.19. The van der Waals surface area contributed by atoms with E-state index < -0.39 is 4.92 Å². The van der Waals surface area contributed by atoms with Gasteiger partial charge < -0.3 is 14.8 Å². The highest BCUT2D eigenvalue weighted by Crippen LogP contribution is 2.34. The number of hydrogen-bond donors (Lipinski definition) is 1. The smallest absolute Gasteiger partial charge is 0.324 e. The molecule has 1 atom stereocenters. The van der Waals surface area contributed by atoms with Crippen LogP contribution in [0.2, 0.25) is 0 Å². The fraction of sp³-hybridized carbons (Fsp3) is 0.214. The quantitative estimate of drug-likeness (QED) is 0.691. The fourth-order valence-corrected chi connectivity index (χ4v) is 2.81. The first kappa shape index (κ1) is 14.3. The maximum atomic E-state index is 12.1. The molecule has 1 amide bonds. The van der Waals surface area contributed by atoms with Gasteiger partial charge in [0.2, 0.25) is 6.79 Å². The lowest BCUT2D eigenvalue weighted by Gasteiger charge is -2.14. The molecule has 114 valence electrons. The summed E-state index contributed by atoms with van der Waals surface area (Å²) in [6.07, 6.45) is 0. The minimum Gasteiger partial charge on any atom is -0.454 e. The van der Waals surface area contributed by atoms with Crippen LogP contribution in [0.4, 0.5) is 5.00 Å². The molecule has 2 aromatic rings. The maximum absolute atomic E-state index is 12.1. The van der Waals surface area contributed by atoms with Gasteiger partial charge in [-0.25, -0.2) is 0 Å². The van der Waals surface area contributed by atoms with E-state index in [9.17, 15) is 14.9 Å². The highest BCUT2D eigenvalue weighted by atomic mass is 32.1.